The SMILES string of the molecule is CC(C)c1ccc2[nH]c3nc(SCC(N)=O)nnc3c2c1. The van der Waals surface area contributed by atoms with Gasteiger partial charge in [0.2, 0.25) is 11.1 Å². The third-order valence-corrected chi connectivity index (χ3v) is 4.09. The number of hydrogen-bond donors (Lipinski definition) is 2. The Morgan fingerprint density at radius 3 is 2.90 bits per heavy atom. The first-order chi connectivity index (χ1) is 10.0. The summed E-state index contributed by atoms with van der Waals surface area (Å²) in [5.41, 5.74) is 8.76. The lowest BCUT2D eigenvalue weighted by Gasteiger charge is -2.04. The van der Waals surface area contributed by atoms with E-state index in [-0.39, 0.29) is 5.75 Å². The van der Waals surface area contributed by atoms with Crippen LogP contribution in [-0.4, -0.2) is 31.8 Å². The number of rotatable bonds is 4. The van der Waals surface area contributed by atoms with Gasteiger partial charge < -0.3 is 10.7 Å². The number of fused-ring (bicyclic) bond motifs is 3. The second kappa shape index (κ2) is 5.33. The van der Waals surface area contributed by atoms with Gasteiger partial charge in [0.1, 0.15) is 5.52 Å². The Labute approximate surface area is 125 Å². The molecule has 2 heterocycles. The van der Waals surface area contributed by atoms with Crippen LogP contribution in [0.25, 0.3) is 22.1 Å². The molecule has 0 aliphatic carbocycles. The molecule has 0 atom stereocenters. The van der Waals surface area contributed by atoms with Gasteiger partial charge in [-0.05, 0) is 23.6 Å². The van der Waals surface area contributed by atoms with E-state index in [9.17, 15) is 4.79 Å². The van der Waals surface area contributed by atoms with E-state index in [1.54, 1.807) is 0 Å². The quantitative estimate of drug-likeness (QED) is 0.720. The predicted molar refractivity (Wildman–Crippen MR) is 83.2 cm³/mol. The predicted octanol–water partition coefficient (Wildman–Crippen LogP) is 2.21. The number of H-pyrrole nitrogens is 1. The van der Waals surface area contributed by atoms with Crippen molar-refractivity contribution in [2.45, 2.75) is 24.9 Å². The number of nitrogens with two attached hydrogens (primary N) is 1. The van der Waals surface area contributed by atoms with Gasteiger partial charge in [-0.2, -0.15) is 0 Å². The van der Waals surface area contributed by atoms with E-state index in [1.807, 2.05) is 6.07 Å². The molecule has 3 rings (SSSR count). The van der Waals surface area contributed by atoms with Crippen LogP contribution in [-0.2, 0) is 4.79 Å². The summed E-state index contributed by atoms with van der Waals surface area (Å²) in [5.74, 6) is 0.192. The Kier molecular flexibility index (Phi) is 3.50. The number of aromatic nitrogens is 4. The molecule has 3 N–H and O–H groups in total. The minimum Gasteiger partial charge on any atom is -0.369 e. The number of carbonyl (C=O) groups is 1. The van der Waals surface area contributed by atoms with E-state index in [1.165, 1.54) is 17.3 Å². The monoisotopic (exact) mass is 301 g/mol. The molecule has 0 unspecified atom stereocenters. The Morgan fingerprint density at radius 2 is 2.19 bits per heavy atom. The zero-order chi connectivity index (χ0) is 15.0. The summed E-state index contributed by atoms with van der Waals surface area (Å²) in [6.07, 6.45) is 0. The summed E-state index contributed by atoms with van der Waals surface area (Å²) < 4.78 is 0. The Hall–Kier alpha value is -2.15. The first kappa shape index (κ1) is 13.8. The highest BCUT2D eigenvalue weighted by Gasteiger charge is 2.11. The molecular weight excluding hydrogens is 286 g/mol. The summed E-state index contributed by atoms with van der Waals surface area (Å²) in [5, 5.41) is 9.74. The van der Waals surface area contributed by atoms with E-state index < -0.39 is 5.91 Å². The normalized spacial score (nSPS) is 11.6. The Morgan fingerprint density at radius 1 is 1.38 bits per heavy atom. The van der Waals surface area contributed by atoms with Gasteiger partial charge in [-0.1, -0.05) is 31.7 Å². The molecule has 1 amide bonds. The number of hydrogen-bond acceptors (Lipinski definition) is 5. The van der Waals surface area contributed by atoms with Crippen LogP contribution in [0.15, 0.2) is 23.4 Å². The minimum absolute atomic E-state index is 0.144. The summed E-state index contributed by atoms with van der Waals surface area (Å²) >= 11 is 1.18. The third kappa shape index (κ3) is 2.69. The lowest BCUT2D eigenvalue weighted by Crippen LogP contribution is -2.13. The first-order valence-corrected chi connectivity index (χ1v) is 7.60. The lowest BCUT2D eigenvalue weighted by molar-refractivity contribution is -0.115. The van der Waals surface area contributed by atoms with Crippen molar-refractivity contribution >= 4 is 39.7 Å². The molecule has 0 saturated carbocycles. The first-order valence-electron chi connectivity index (χ1n) is 6.61. The van der Waals surface area contributed by atoms with Crippen molar-refractivity contribution < 1.29 is 4.79 Å². The number of nitrogens with one attached hydrogen (secondary N) is 1. The van der Waals surface area contributed by atoms with E-state index in [0.717, 1.165) is 16.4 Å². The fourth-order valence-corrected chi connectivity index (χ4v) is 2.66. The van der Waals surface area contributed by atoms with Gasteiger partial charge >= 0.3 is 0 Å². The molecule has 2 aromatic heterocycles. The van der Waals surface area contributed by atoms with Crippen molar-refractivity contribution in [2.75, 3.05) is 5.75 Å². The van der Waals surface area contributed by atoms with Gasteiger partial charge in [0, 0.05) is 10.9 Å². The second-order valence-electron chi connectivity index (χ2n) is 5.13. The summed E-state index contributed by atoms with van der Waals surface area (Å²) in [6.45, 7) is 4.30. The lowest BCUT2D eigenvalue weighted by atomic mass is 10.0. The molecule has 0 aliphatic rings. The van der Waals surface area contributed by atoms with Crippen molar-refractivity contribution in [3.05, 3.63) is 23.8 Å². The topological polar surface area (TPSA) is 97.6 Å². The fourth-order valence-electron chi connectivity index (χ4n) is 2.13. The zero-order valence-corrected chi connectivity index (χ0v) is 12.6. The van der Waals surface area contributed by atoms with Gasteiger partial charge in [-0.15, -0.1) is 10.2 Å². The van der Waals surface area contributed by atoms with Crippen LogP contribution >= 0.6 is 11.8 Å². The van der Waals surface area contributed by atoms with Crippen LogP contribution in [0.2, 0.25) is 0 Å². The van der Waals surface area contributed by atoms with E-state index in [2.05, 4.69) is 46.1 Å². The van der Waals surface area contributed by atoms with Crippen molar-refractivity contribution in [1.82, 2.24) is 20.2 Å². The number of benzene rings is 1. The largest absolute Gasteiger partial charge is 0.369 e. The maximum atomic E-state index is 10.8. The highest BCUT2D eigenvalue weighted by atomic mass is 32.2. The third-order valence-electron chi connectivity index (χ3n) is 3.23. The van der Waals surface area contributed by atoms with Gasteiger partial charge in [0.05, 0.1) is 5.75 Å². The van der Waals surface area contributed by atoms with Crippen LogP contribution < -0.4 is 5.73 Å². The number of primary amides is 1. The molecule has 0 radical (unpaired) electrons. The Bertz CT molecular complexity index is 827. The highest BCUT2D eigenvalue weighted by molar-refractivity contribution is 7.99. The van der Waals surface area contributed by atoms with Crippen molar-refractivity contribution in [3.63, 3.8) is 0 Å². The summed E-state index contributed by atoms with van der Waals surface area (Å²) in [4.78, 5) is 18.4. The second-order valence-corrected chi connectivity index (χ2v) is 6.07. The average molecular weight is 301 g/mol. The highest BCUT2D eigenvalue weighted by Crippen LogP contribution is 2.26. The van der Waals surface area contributed by atoms with Gasteiger partial charge in [0.15, 0.2) is 5.65 Å². The summed E-state index contributed by atoms with van der Waals surface area (Å²) in [6, 6.07) is 6.24. The molecule has 21 heavy (non-hydrogen) atoms. The average Bonchev–Trinajstić information content (AvgIpc) is 2.81. The van der Waals surface area contributed by atoms with Crippen LogP contribution in [0.3, 0.4) is 0 Å². The van der Waals surface area contributed by atoms with Crippen LogP contribution in [0.1, 0.15) is 25.3 Å². The van der Waals surface area contributed by atoms with Crippen LogP contribution in [0.5, 0.6) is 0 Å². The number of thioether (sulfide) groups is 1. The zero-order valence-electron chi connectivity index (χ0n) is 11.8. The summed E-state index contributed by atoms with van der Waals surface area (Å²) in [7, 11) is 0. The standard InChI is InChI=1S/C14H15N5OS/c1-7(2)8-3-4-10-9(5-8)12-13(16-10)17-14(19-18-12)21-6-11(15)20/h3-5,7H,6H2,1-2H3,(H2,15,20)(H,16,17,19). The molecule has 0 fully saturated rings. The van der Waals surface area contributed by atoms with Crippen LogP contribution in [0.4, 0.5) is 0 Å². The molecule has 7 heteroatoms. The fraction of sp³-hybridized carbons (Fsp3) is 0.286. The smallest absolute Gasteiger partial charge is 0.227 e. The molecule has 0 spiro atoms. The molecule has 6 nitrogen and oxygen atoms in total. The molecule has 0 saturated heterocycles. The van der Waals surface area contributed by atoms with E-state index in [0.29, 0.717) is 16.7 Å². The molecule has 3 aromatic rings. The van der Waals surface area contributed by atoms with Gasteiger partial charge in [-0.3, -0.25) is 4.79 Å². The maximum Gasteiger partial charge on any atom is 0.227 e. The Balaban J connectivity index is 2.06. The minimum atomic E-state index is -0.401. The number of carbonyl (C=O) groups excluding carboxylic acids is 1. The maximum absolute atomic E-state index is 10.8. The molecule has 0 bridgehead atoms. The molecule has 1 aromatic carbocycles. The molecule has 0 aliphatic heterocycles. The van der Waals surface area contributed by atoms with Gasteiger partial charge in [-0.25, -0.2) is 4.98 Å². The number of amides is 1. The number of nitrogens with zero attached hydrogens (tertiary/aromatic N) is 3. The van der Waals surface area contributed by atoms with Crippen LogP contribution in [0, 0.1) is 0 Å². The van der Waals surface area contributed by atoms with Crippen molar-refractivity contribution in [2.24, 2.45) is 5.73 Å². The molecule has 108 valence electrons. The van der Waals surface area contributed by atoms with E-state index >= 15 is 0 Å². The van der Waals surface area contributed by atoms with E-state index in [4.69, 9.17) is 5.73 Å². The van der Waals surface area contributed by atoms with Gasteiger partial charge in [0.25, 0.3) is 0 Å². The number of aromatic amines is 1. The van der Waals surface area contributed by atoms with Crippen molar-refractivity contribution in [1.29, 1.82) is 0 Å². The molecular formula is C14H15N5OS. The van der Waals surface area contributed by atoms with Crippen molar-refractivity contribution in [3.8, 4) is 0 Å².